The Morgan fingerprint density at radius 2 is 1.90 bits per heavy atom. The second-order valence-corrected chi connectivity index (χ2v) is 4.67. The zero-order chi connectivity index (χ0) is 14.8. The molecule has 0 aliphatic rings. The topological polar surface area (TPSA) is 94.0 Å². The van der Waals surface area contributed by atoms with Gasteiger partial charge < -0.3 is 16.8 Å². The van der Waals surface area contributed by atoms with Crippen LogP contribution in [0, 0.1) is 0 Å². The van der Waals surface area contributed by atoms with E-state index in [9.17, 15) is 4.79 Å². The quantitative estimate of drug-likeness (QED) is 0.642. The summed E-state index contributed by atoms with van der Waals surface area (Å²) >= 11 is 0. The number of nitrogens with two attached hydrogens (primary N) is 2. The lowest BCUT2D eigenvalue weighted by Crippen LogP contribution is -2.11. The Hall–Kier alpha value is -3.08. The van der Waals surface area contributed by atoms with E-state index in [-0.39, 0.29) is 0 Å². The van der Waals surface area contributed by atoms with Crippen molar-refractivity contribution in [3.63, 3.8) is 0 Å². The zero-order valence-corrected chi connectivity index (χ0v) is 11.2. The van der Waals surface area contributed by atoms with Crippen molar-refractivity contribution in [2.75, 3.05) is 11.1 Å². The van der Waals surface area contributed by atoms with Crippen LogP contribution >= 0.6 is 0 Å². The van der Waals surface area contributed by atoms with Gasteiger partial charge in [-0.1, -0.05) is 6.07 Å². The fourth-order valence-electron chi connectivity index (χ4n) is 2.19. The minimum absolute atomic E-state index is 0.387. The summed E-state index contributed by atoms with van der Waals surface area (Å²) in [6, 6.07) is 14.6. The highest BCUT2D eigenvalue weighted by Crippen LogP contribution is 2.28. The highest BCUT2D eigenvalue weighted by atomic mass is 16.1. The average molecular weight is 278 g/mol. The third kappa shape index (κ3) is 2.49. The summed E-state index contributed by atoms with van der Waals surface area (Å²) < 4.78 is 0. The fourth-order valence-corrected chi connectivity index (χ4v) is 2.19. The van der Waals surface area contributed by atoms with Crippen molar-refractivity contribution in [3.05, 3.63) is 60.3 Å². The standard InChI is InChI=1S/C16H14N4O/c17-12-9-10(16(18)21)6-7-15(12)20-14-5-1-4-13-11(14)3-2-8-19-13/h1-9,20H,17H2,(H2,18,21). The van der Waals surface area contributed by atoms with Crippen molar-refractivity contribution in [3.8, 4) is 0 Å². The average Bonchev–Trinajstić information content (AvgIpc) is 2.49. The zero-order valence-electron chi connectivity index (χ0n) is 11.2. The first-order valence-electron chi connectivity index (χ1n) is 6.45. The molecule has 0 aliphatic carbocycles. The molecule has 1 aromatic heterocycles. The van der Waals surface area contributed by atoms with E-state index in [1.807, 2.05) is 30.3 Å². The number of carbonyl (C=O) groups excluding carboxylic acids is 1. The van der Waals surface area contributed by atoms with Gasteiger partial charge in [0.25, 0.3) is 0 Å². The summed E-state index contributed by atoms with van der Waals surface area (Å²) in [5.74, 6) is -0.498. The molecule has 1 heterocycles. The Morgan fingerprint density at radius 1 is 1.05 bits per heavy atom. The summed E-state index contributed by atoms with van der Waals surface area (Å²) in [7, 11) is 0. The number of rotatable bonds is 3. The van der Waals surface area contributed by atoms with Crippen LogP contribution in [-0.4, -0.2) is 10.9 Å². The van der Waals surface area contributed by atoms with E-state index in [1.165, 1.54) is 0 Å². The molecule has 0 saturated heterocycles. The molecule has 3 rings (SSSR count). The first kappa shape index (κ1) is 12.9. The monoisotopic (exact) mass is 278 g/mol. The summed E-state index contributed by atoms with van der Waals surface area (Å²) in [5, 5.41) is 4.26. The first-order valence-corrected chi connectivity index (χ1v) is 6.45. The molecule has 21 heavy (non-hydrogen) atoms. The van der Waals surface area contributed by atoms with Gasteiger partial charge in [0.15, 0.2) is 0 Å². The molecule has 1 amide bonds. The van der Waals surface area contributed by atoms with Crippen LogP contribution in [0.3, 0.4) is 0 Å². The minimum Gasteiger partial charge on any atom is -0.397 e. The molecule has 5 N–H and O–H groups in total. The van der Waals surface area contributed by atoms with Crippen molar-refractivity contribution >= 4 is 33.9 Å². The van der Waals surface area contributed by atoms with Gasteiger partial charge >= 0.3 is 0 Å². The third-order valence-corrected chi connectivity index (χ3v) is 3.25. The van der Waals surface area contributed by atoms with Gasteiger partial charge in [0.05, 0.1) is 16.9 Å². The van der Waals surface area contributed by atoms with Crippen LogP contribution in [-0.2, 0) is 0 Å². The molecule has 2 aromatic carbocycles. The second kappa shape index (κ2) is 5.13. The van der Waals surface area contributed by atoms with Gasteiger partial charge in [0.1, 0.15) is 0 Å². The van der Waals surface area contributed by atoms with Gasteiger partial charge in [-0.15, -0.1) is 0 Å². The Morgan fingerprint density at radius 3 is 2.67 bits per heavy atom. The van der Waals surface area contributed by atoms with Crippen LogP contribution in [0.25, 0.3) is 10.9 Å². The van der Waals surface area contributed by atoms with Gasteiger partial charge in [-0.25, -0.2) is 0 Å². The lowest BCUT2D eigenvalue weighted by Gasteiger charge is -2.12. The van der Waals surface area contributed by atoms with Crippen LogP contribution in [0.2, 0.25) is 0 Å². The third-order valence-electron chi connectivity index (χ3n) is 3.25. The number of nitrogens with one attached hydrogen (secondary N) is 1. The summed E-state index contributed by atoms with van der Waals surface area (Å²) in [6.45, 7) is 0. The molecule has 5 nitrogen and oxygen atoms in total. The molecule has 0 unspecified atom stereocenters. The lowest BCUT2D eigenvalue weighted by atomic mass is 10.1. The van der Waals surface area contributed by atoms with E-state index in [2.05, 4.69) is 10.3 Å². The molecule has 5 heteroatoms. The predicted molar refractivity (Wildman–Crippen MR) is 84.4 cm³/mol. The van der Waals surface area contributed by atoms with Crippen molar-refractivity contribution < 1.29 is 4.79 Å². The van der Waals surface area contributed by atoms with E-state index >= 15 is 0 Å². The number of amides is 1. The smallest absolute Gasteiger partial charge is 0.248 e. The van der Waals surface area contributed by atoms with Crippen molar-refractivity contribution in [1.82, 2.24) is 4.98 Å². The molecule has 3 aromatic rings. The maximum absolute atomic E-state index is 11.1. The highest BCUT2D eigenvalue weighted by Gasteiger charge is 2.07. The predicted octanol–water partition coefficient (Wildman–Crippen LogP) is 2.66. The van der Waals surface area contributed by atoms with E-state index in [1.54, 1.807) is 24.4 Å². The molecule has 0 aliphatic heterocycles. The number of nitrogens with zero attached hydrogens (tertiary/aromatic N) is 1. The number of fused-ring (bicyclic) bond motifs is 1. The number of hydrogen-bond donors (Lipinski definition) is 3. The molecular formula is C16H14N4O. The van der Waals surface area contributed by atoms with E-state index in [0.717, 1.165) is 22.3 Å². The number of aromatic nitrogens is 1. The minimum atomic E-state index is -0.498. The molecule has 0 fully saturated rings. The number of benzene rings is 2. The summed E-state index contributed by atoms with van der Waals surface area (Å²) in [6.07, 6.45) is 1.75. The Bertz CT molecular complexity index is 824. The Labute approximate surface area is 121 Å². The van der Waals surface area contributed by atoms with Crippen molar-refractivity contribution in [2.45, 2.75) is 0 Å². The normalized spacial score (nSPS) is 10.5. The largest absolute Gasteiger partial charge is 0.397 e. The molecule has 104 valence electrons. The maximum Gasteiger partial charge on any atom is 0.248 e. The number of hydrogen-bond acceptors (Lipinski definition) is 4. The summed E-state index contributed by atoms with van der Waals surface area (Å²) in [5.41, 5.74) is 14.6. The summed E-state index contributed by atoms with van der Waals surface area (Å²) in [4.78, 5) is 15.4. The van der Waals surface area contributed by atoms with Gasteiger partial charge in [0.2, 0.25) is 5.91 Å². The molecule has 0 saturated carbocycles. The van der Waals surface area contributed by atoms with Crippen LogP contribution in [0.5, 0.6) is 0 Å². The van der Waals surface area contributed by atoms with Crippen molar-refractivity contribution in [2.24, 2.45) is 5.73 Å². The van der Waals surface area contributed by atoms with Gasteiger partial charge in [-0.3, -0.25) is 9.78 Å². The van der Waals surface area contributed by atoms with E-state index in [0.29, 0.717) is 11.3 Å². The number of anilines is 3. The SMILES string of the molecule is NC(=O)c1ccc(Nc2cccc3ncccc23)c(N)c1. The Balaban J connectivity index is 2.01. The fraction of sp³-hybridized carbons (Fsp3) is 0. The molecular weight excluding hydrogens is 264 g/mol. The molecule has 0 radical (unpaired) electrons. The Kier molecular flexibility index (Phi) is 3.16. The van der Waals surface area contributed by atoms with Crippen molar-refractivity contribution in [1.29, 1.82) is 0 Å². The molecule has 0 spiro atoms. The first-order chi connectivity index (χ1) is 10.1. The molecule has 0 bridgehead atoms. The van der Waals surface area contributed by atoms with Crippen LogP contribution < -0.4 is 16.8 Å². The van der Waals surface area contributed by atoms with E-state index in [4.69, 9.17) is 11.5 Å². The van der Waals surface area contributed by atoms with E-state index < -0.39 is 5.91 Å². The van der Waals surface area contributed by atoms with Crippen LogP contribution in [0.1, 0.15) is 10.4 Å². The number of carbonyl (C=O) groups is 1. The van der Waals surface area contributed by atoms with Gasteiger partial charge in [-0.2, -0.15) is 0 Å². The van der Waals surface area contributed by atoms with Crippen LogP contribution in [0.4, 0.5) is 17.1 Å². The maximum atomic E-state index is 11.1. The van der Waals surface area contributed by atoms with Gasteiger partial charge in [-0.05, 0) is 42.5 Å². The second-order valence-electron chi connectivity index (χ2n) is 4.67. The number of pyridine rings is 1. The van der Waals surface area contributed by atoms with Crippen LogP contribution in [0.15, 0.2) is 54.7 Å². The number of primary amides is 1. The number of nitrogen functional groups attached to an aromatic ring is 1. The molecule has 0 atom stereocenters. The lowest BCUT2D eigenvalue weighted by molar-refractivity contribution is 0.100. The van der Waals surface area contributed by atoms with Gasteiger partial charge in [0, 0.05) is 22.8 Å². The highest BCUT2D eigenvalue weighted by molar-refractivity contribution is 5.97.